The van der Waals surface area contributed by atoms with Crippen molar-refractivity contribution in [3.05, 3.63) is 17.5 Å². The Morgan fingerprint density at radius 1 is 1.53 bits per heavy atom. The minimum absolute atomic E-state index is 0.0588. The molecule has 0 amide bonds. The molecule has 0 bridgehead atoms. The van der Waals surface area contributed by atoms with Crippen molar-refractivity contribution >= 4 is 0 Å². The van der Waals surface area contributed by atoms with E-state index < -0.39 is 12.1 Å². The zero-order valence-corrected chi connectivity index (χ0v) is 9.63. The van der Waals surface area contributed by atoms with Gasteiger partial charge in [-0.05, 0) is 26.3 Å². The zero-order chi connectivity index (χ0) is 12.5. The van der Waals surface area contributed by atoms with E-state index in [4.69, 9.17) is 4.52 Å². The number of aromatic nitrogens is 1. The minimum atomic E-state index is -4.09. The predicted molar refractivity (Wildman–Crippen MR) is 55.3 cm³/mol. The maximum Gasteiger partial charge on any atom is 0.393 e. The van der Waals surface area contributed by atoms with Gasteiger partial charge in [0.25, 0.3) is 0 Å². The molecular weight excluding hydrogens is 233 g/mol. The Morgan fingerprint density at radius 2 is 2.29 bits per heavy atom. The fourth-order valence-electron chi connectivity index (χ4n) is 2.18. The lowest BCUT2D eigenvalue weighted by atomic mass is 9.97. The molecule has 1 atom stereocenters. The van der Waals surface area contributed by atoms with Crippen LogP contribution < -0.4 is 0 Å². The number of halogens is 3. The lowest BCUT2D eigenvalue weighted by Gasteiger charge is -2.32. The molecule has 2 rings (SSSR count). The van der Waals surface area contributed by atoms with Crippen molar-refractivity contribution < 1.29 is 17.7 Å². The Kier molecular flexibility index (Phi) is 3.42. The molecule has 17 heavy (non-hydrogen) atoms. The summed E-state index contributed by atoms with van der Waals surface area (Å²) in [6, 6.07) is 1.76. The first-order valence-electron chi connectivity index (χ1n) is 5.66. The SMILES string of the molecule is Cc1cc(CN2CCC[C@H](C(F)(F)F)C2)on1. The minimum Gasteiger partial charge on any atom is -0.360 e. The van der Waals surface area contributed by atoms with Crippen LogP contribution >= 0.6 is 0 Å². The second-order valence-corrected chi connectivity index (χ2v) is 4.55. The second-order valence-electron chi connectivity index (χ2n) is 4.55. The average molecular weight is 248 g/mol. The summed E-state index contributed by atoms with van der Waals surface area (Å²) in [5, 5.41) is 3.73. The fraction of sp³-hybridized carbons (Fsp3) is 0.727. The molecular formula is C11H15F3N2O. The van der Waals surface area contributed by atoms with Gasteiger partial charge in [-0.1, -0.05) is 5.16 Å². The Bertz CT molecular complexity index is 375. The topological polar surface area (TPSA) is 29.3 Å². The van der Waals surface area contributed by atoms with Crippen molar-refractivity contribution in [2.24, 2.45) is 5.92 Å². The van der Waals surface area contributed by atoms with Crippen molar-refractivity contribution in [2.45, 2.75) is 32.5 Å². The number of aryl methyl sites for hydroxylation is 1. The third-order valence-electron chi connectivity index (χ3n) is 3.02. The molecule has 0 unspecified atom stereocenters. The number of piperidine rings is 1. The maximum atomic E-state index is 12.6. The van der Waals surface area contributed by atoms with E-state index >= 15 is 0 Å². The largest absolute Gasteiger partial charge is 0.393 e. The highest BCUT2D eigenvalue weighted by atomic mass is 19.4. The summed E-state index contributed by atoms with van der Waals surface area (Å²) >= 11 is 0. The van der Waals surface area contributed by atoms with E-state index in [1.54, 1.807) is 17.9 Å². The van der Waals surface area contributed by atoms with E-state index in [2.05, 4.69) is 5.16 Å². The zero-order valence-electron chi connectivity index (χ0n) is 9.63. The number of alkyl halides is 3. The van der Waals surface area contributed by atoms with E-state index in [1.165, 1.54) is 0 Å². The van der Waals surface area contributed by atoms with Gasteiger partial charge in [0, 0.05) is 12.6 Å². The molecule has 0 spiro atoms. The molecule has 1 aliphatic rings. The number of hydrogen-bond donors (Lipinski definition) is 0. The average Bonchev–Trinajstić information content (AvgIpc) is 2.63. The molecule has 1 aromatic heterocycles. The summed E-state index contributed by atoms with van der Waals surface area (Å²) in [4.78, 5) is 1.78. The van der Waals surface area contributed by atoms with Crippen LogP contribution in [0.1, 0.15) is 24.3 Å². The van der Waals surface area contributed by atoms with Crippen LogP contribution in [0.4, 0.5) is 13.2 Å². The molecule has 6 heteroatoms. The molecule has 1 fully saturated rings. The highest BCUT2D eigenvalue weighted by Gasteiger charge is 2.41. The maximum absolute atomic E-state index is 12.6. The van der Waals surface area contributed by atoms with Crippen molar-refractivity contribution in [1.29, 1.82) is 0 Å². The number of likely N-dealkylation sites (tertiary alicyclic amines) is 1. The third kappa shape index (κ3) is 3.21. The first-order valence-corrected chi connectivity index (χ1v) is 5.66. The summed E-state index contributed by atoms with van der Waals surface area (Å²) in [7, 11) is 0. The van der Waals surface area contributed by atoms with E-state index in [0.717, 1.165) is 5.69 Å². The third-order valence-corrected chi connectivity index (χ3v) is 3.02. The van der Waals surface area contributed by atoms with E-state index in [-0.39, 0.29) is 13.0 Å². The van der Waals surface area contributed by atoms with Gasteiger partial charge in [0.05, 0.1) is 18.2 Å². The molecule has 1 aliphatic heterocycles. The summed E-state index contributed by atoms with van der Waals surface area (Å²) in [5.41, 5.74) is 0.754. The second kappa shape index (κ2) is 4.68. The van der Waals surface area contributed by atoms with Gasteiger partial charge in [0.2, 0.25) is 0 Å². The lowest BCUT2D eigenvalue weighted by Crippen LogP contribution is -2.41. The highest BCUT2D eigenvalue weighted by Crippen LogP contribution is 2.33. The van der Waals surface area contributed by atoms with Gasteiger partial charge in [-0.15, -0.1) is 0 Å². The molecule has 2 heterocycles. The van der Waals surface area contributed by atoms with Crippen LogP contribution in [0.5, 0.6) is 0 Å². The van der Waals surface area contributed by atoms with Crippen LogP contribution in [0.15, 0.2) is 10.6 Å². The smallest absolute Gasteiger partial charge is 0.360 e. The van der Waals surface area contributed by atoms with Gasteiger partial charge in [-0.3, -0.25) is 4.90 Å². The van der Waals surface area contributed by atoms with Gasteiger partial charge in [0.15, 0.2) is 5.76 Å². The lowest BCUT2D eigenvalue weighted by molar-refractivity contribution is -0.187. The van der Waals surface area contributed by atoms with Crippen molar-refractivity contribution in [3.63, 3.8) is 0 Å². The molecule has 3 nitrogen and oxygen atoms in total. The first-order chi connectivity index (χ1) is 7.95. The highest BCUT2D eigenvalue weighted by molar-refractivity contribution is 5.03. The van der Waals surface area contributed by atoms with E-state index in [0.29, 0.717) is 25.3 Å². The number of hydrogen-bond acceptors (Lipinski definition) is 3. The molecule has 0 aromatic carbocycles. The van der Waals surface area contributed by atoms with Gasteiger partial charge >= 0.3 is 6.18 Å². The van der Waals surface area contributed by atoms with Crippen LogP contribution in [0, 0.1) is 12.8 Å². The number of nitrogens with zero attached hydrogens (tertiary/aromatic N) is 2. The molecule has 96 valence electrons. The Labute approximate surface area is 97.6 Å². The molecule has 0 saturated carbocycles. The van der Waals surface area contributed by atoms with Crippen LogP contribution in [0.3, 0.4) is 0 Å². The van der Waals surface area contributed by atoms with Crippen molar-refractivity contribution in [2.75, 3.05) is 13.1 Å². The summed E-state index contributed by atoms with van der Waals surface area (Å²) in [5.74, 6) is -0.578. The summed E-state index contributed by atoms with van der Waals surface area (Å²) in [6.07, 6.45) is -3.28. The van der Waals surface area contributed by atoms with Gasteiger partial charge in [0.1, 0.15) is 0 Å². The fourth-order valence-corrected chi connectivity index (χ4v) is 2.18. The molecule has 0 N–H and O–H groups in total. The van der Waals surface area contributed by atoms with Gasteiger partial charge in [-0.2, -0.15) is 13.2 Å². The first kappa shape index (κ1) is 12.4. The van der Waals surface area contributed by atoms with Crippen molar-refractivity contribution in [1.82, 2.24) is 10.1 Å². The van der Waals surface area contributed by atoms with Crippen LogP contribution in [0.2, 0.25) is 0 Å². The Balaban J connectivity index is 1.94. The molecule has 0 radical (unpaired) electrons. The van der Waals surface area contributed by atoms with Gasteiger partial charge in [-0.25, -0.2) is 0 Å². The van der Waals surface area contributed by atoms with E-state index in [1.807, 2.05) is 0 Å². The van der Waals surface area contributed by atoms with Crippen LogP contribution in [0.25, 0.3) is 0 Å². The molecule has 1 saturated heterocycles. The van der Waals surface area contributed by atoms with Crippen LogP contribution in [-0.2, 0) is 6.54 Å². The Hall–Kier alpha value is -1.04. The quantitative estimate of drug-likeness (QED) is 0.806. The summed E-state index contributed by atoms with van der Waals surface area (Å²) < 4.78 is 42.8. The van der Waals surface area contributed by atoms with E-state index in [9.17, 15) is 13.2 Å². The molecule has 0 aliphatic carbocycles. The number of rotatable bonds is 2. The monoisotopic (exact) mass is 248 g/mol. The predicted octanol–water partition coefficient (Wildman–Crippen LogP) is 2.76. The summed E-state index contributed by atoms with van der Waals surface area (Å²) in [6.45, 7) is 2.95. The normalized spacial score (nSPS) is 22.9. The van der Waals surface area contributed by atoms with Crippen LogP contribution in [-0.4, -0.2) is 29.3 Å². The Morgan fingerprint density at radius 3 is 2.88 bits per heavy atom. The van der Waals surface area contributed by atoms with Gasteiger partial charge < -0.3 is 4.52 Å². The molecule has 1 aromatic rings. The standard InChI is InChI=1S/C11H15F3N2O/c1-8-5-10(17-15-8)7-16-4-2-3-9(6-16)11(12,13)14/h5,9H,2-4,6-7H2,1H3/t9-/m0/s1. The van der Waals surface area contributed by atoms with Crippen molar-refractivity contribution in [3.8, 4) is 0 Å².